The number of allylic oxidation sites excluding steroid dienone is 1. The Morgan fingerprint density at radius 3 is 2.30 bits per heavy atom. The monoisotopic (exact) mass is 623 g/mol. The van der Waals surface area contributed by atoms with Crippen molar-refractivity contribution in [1.29, 1.82) is 0 Å². The maximum Gasteiger partial charge on any atom is 0.416 e. The third-order valence-electron chi connectivity index (χ3n) is 7.74. The van der Waals surface area contributed by atoms with Crippen LogP contribution in [-0.2, 0) is 30.6 Å². The molecule has 234 valence electrons. The van der Waals surface area contributed by atoms with Gasteiger partial charge in [0.25, 0.3) is 5.56 Å². The van der Waals surface area contributed by atoms with Crippen LogP contribution >= 0.6 is 0 Å². The smallest absolute Gasteiger partial charge is 0.317 e. The number of aryl methyl sites for hydroxylation is 1. The lowest BCUT2D eigenvalue weighted by molar-refractivity contribution is -0.137. The van der Waals surface area contributed by atoms with E-state index < -0.39 is 17.3 Å². The van der Waals surface area contributed by atoms with E-state index in [-0.39, 0.29) is 16.8 Å². The number of hydrogen-bond acceptors (Lipinski definition) is 6. The minimum absolute atomic E-state index is 0.112. The van der Waals surface area contributed by atoms with E-state index in [2.05, 4.69) is 22.6 Å². The van der Waals surface area contributed by atoms with Crippen molar-refractivity contribution in [3.63, 3.8) is 0 Å². The molecular formula is C36H32F3N5O2. The van der Waals surface area contributed by atoms with Gasteiger partial charge in [-0.25, -0.2) is 4.98 Å². The number of fused-ring (bicyclic) bond motifs is 1. The number of nitrogens with zero attached hydrogens (tertiary/aromatic N) is 4. The molecule has 1 N–H and O–H groups in total. The van der Waals surface area contributed by atoms with Crippen LogP contribution in [0.25, 0.3) is 22.4 Å². The summed E-state index contributed by atoms with van der Waals surface area (Å²) in [6.07, 6.45) is 2.50. The number of hydroxylamine groups is 1. The second-order valence-electron chi connectivity index (χ2n) is 11.0. The summed E-state index contributed by atoms with van der Waals surface area (Å²) in [5.74, 6) is 0.404. The maximum absolute atomic E-state index is 14.2. The fraction of sp³-hybridized carbons (Fsp3) is 0.194. The maximum atomic E-state index is 14.2. The first-order chi connectivity index (χ1) is 22.4. The molecule has 0 atom stereocenters. The first kappa shape index (κ1) is 30.8. The molecule has 0 bridgehead atoms. The molecule has 6 rings (SSSR count). The highest BCUT2D eigenvalue weighted by Gasteiger charge is 2.32. The number of aromatic nitrogens is 3. The molecule has 0 spiro atoms. The molecule has 0 saturated heterocycles. The predicted molar refractivity (Wildman–Crippen MR) is 171 cm³/mol. The fourth-order valence-corrected chi connectivity index (χ4v) is 5.46. The molecule has 2 aromatic heterocycles. The van der Waals surface area contributed by atoms with Gasteiger partial charge in [-0.2, -0.15) is 13.2 Å². The van der Waals surface area contributed by atoms with Crippen molar-refractivity contribution < 1.29 is 18.0 Å². The second kappa shape index (κ2) is 13.8. The van der Waals surface area contributed by atoms with Gasteiger partial charge in [-0.3, -0.25) is 24.7 Å². The number of nitrogens with one attached hydrogen (secondary N) is 1. The lowest BCUT2D eigenvalue weighted by Gasteiger charge is -2.30. The molecule has 46 heavy (non-hydrogen) atoms. The van der Waals surface area contributed by atoms with E-state index in [1.54, 1.807) is 29.1 Å². The van der Waals surface area contributed by atoms with Crippen molar-refractivity contribution in [2.24, 2.45) is 0 Å². The van der Waals surface area contributed by atoms with Crippen LogP contribution in [0.5, 0.6) is 0 Å². The molecule has 0 radical (unpaired) electrons. The van der Waals surface area contributed by atoms with Gasteiger partial charge in [-0.1, -0.05) is 72.8 Å². The van der Waals surface area contributed by atoms with Crippen molar-refractivity contribution in [2.45, 2.75) is 38.6 Å². The summed E-state index contributed by atoms with van der Waals surface area (Å²) >= 11 is 0. The summed E-state index contributed by atoms with van der Waals surface area (Å²) in [4.78, 5) is 31.0. The molecule has 0 amide bonds. The number of hydrogen-bond donors (Lipinski definition) is 1. The summed E-state index contributed by atoms with van der Waals surface area (Å²) in [6, 6.07) is 28.1. The first-order valence-corrected chi connectivity index (χ1v) is 15.0. The number of pyridine rings is 1. The van der Waals surface area contributed by atoms with Crippen molar-refractivity contribution >= 4 is 5.95 Å². The van der Waals surface area contributed by atoms with Crippen molar-refractivity contribution in [3.05, 3.63) is 148 Å². The molecule has 5 aromatic rings. The molecule has 0 saturated carbocycles. The third kappa shape index (κ3) is 7.18. The Hall–Kier alpha value is -5.22. The standard InChI is InChI=1S/C36H32F3N5O2/c37-36(38,39)30-14-7-13-29(23-30)32-33(28-17-19-40-20-18-28)41-35-43(21-8-22-44(35)34(32)45)24-31(16-15-26-9-3-1-4-10-26)42-46-25-27-11-5-2-6-12-27/h1-7,9-14,17-20,23-24,42H,8,15-16,21-22,25H2. The highest BCUT2D eigenvalue weighted by Crippen LogP contribution is 2.35. The van der Waals surface area contributed by atoms with Gasteiger partial charge in [0.2, 0.25) is 5.95 Å². The average Bonchev–Trinajstić information content (AvgIpc) is 3.08. The minimum Gasteiger partial charge on any atom is -0.317 e. The topological polar surface area (TPSA) is 72.3 Å². The highest BCUT2D eigenvalue weighted by atomic mass is 19.4. The van der Waals surface area contributed by atoms with Crippen LogP contribution in [0.15, 0.2) is 126 Å². The first-order valence-electron chi connectivity index (χ1n) is 15.0. The second-order valence-corrected chi connectivity index (χ2v) is 11.0. The van der Waals surface area contributed by atoms with E-state index in [1.807, 2.05) is 59.6 Å². The summed E-state index contributed by atoms with van der Waals surface area (Å²) in [5, 5.41) is 0. The van der Waals surface area contributed by atoms with E-state index in [4.69, 9.17) is 9.82 Å². The van der Waals surface area contributed by atoms with Crippen molar-refractivity contribution in [3.8, 4) is 22.4 Å². The van der Waals surface area contributed by atoms with Gasteiger partial charge in [-0.05, 0) is 60.2 Å². The highest BCUT2D eigenvalue weighted by molar-refractivity contribution is 5.81. The lowest BCUT2D eigenvalue weighted by Crippen LogP contribution is -2.37. The number of anilines is 1. The number of benzene rings is 3. The molecule has 0 unspecified atom stereocenters. The van der Waals surface area contributed by atoms with Gasteiger partial charge >= 0.3 is 6.18 Å². The van der Waals surface area contributed by atoms with E-state index in [9.17, 15) is 18.0 Å². The summed E-state index contributed by atoms with van der Waals surface area (Å²) in [5.41, 5.74) is 5.98. The predicted octanol–water partition coefficient (Wildman–Crippen LogP) is 7.40. The summed E-state index contributed by atoms with van der Waals surface area (Å²) < 4.78 is 42.6. The molecule has 1 aliphatic heterocycles. The van der Waals surface area contributed by atoms with Crippen LogP contribution in [0, 0.1) is 0 Å². The summed E-state index contributed by atoms with van der Waals surface area (Å²) in [6.45, 7) is 1.32. The number of halogens is 3. The Balaban J connectivity index is 1.40. The van der Waals surface area contributed by atoms with Crippen LogP contribution in [-0.4, -0.2) is 21.1 Å². The molecule has 3 heterocycles. The van der Waals surface area contributed by atoms with Gasteiger partial charge in [0.15, 0.2) is 0 Å². The molecule has 3 aromatic carbocycles. The zero-order chi connectivity index (χ0) is 31.9. The SMILES string of the molecule is O=c1c(-c2cccc(C(F)(F)F)c2)c(-c2ccncc2)nc2n1CCCN2C=C(CCc1ccccc1)NOCc1ccccc1. The molecular weight excluding hydrogens is 591 g/mol. The fourth-order valence-electron chi connectivity index (χ4n) is 5.46. The van der Waals surface area contributed by atoms with Gasteiger partial charge < -0.3 is 4.90 Å². The molecule has 0 aliphatic carbocycles. The van der Waals surface area contributed by atoms with E-state index >= 15 is 0 Å². The van der Waals surface area contributed by atoms with Crippen LogP contribution in [0.4, 0.5) is 19.1 Å². The van der Waals surface area contributed by atoms with E-state index in [0.29, 0.717) is 44.0 Å². The summed E-state index contributed by atoms with van der Waals surface area (Å²) in [7, 11) is 0. The Kier molecular flexibility index (Phi) is 9.25. The van der Waals surface area contributed by atoms with Crippen molar-refractivity contribution in [2.75, 3.05) is 11.4 Å². The zero-order valence-corrected chi connectivity index (χ0v) is 25.0. The van der Waals surface area contributed by atoms with Crippen LogP contribution < -0.4 is 15.9 Å². The molecule has 1 aliphatic rings. The van der Waals surface area contributed by atoms with Gasteiger partial charge in [-0.15, -0.1) is 0 Å². The van der Waals surface area contributed by atoms with Crippen LogP contribution in [0.2, 0.25) is 0 Å². The lowest BCUT2D eigenvalue weighted by atomic mass is 9.99. The quantitative estimate of drug-likeness (QED) is 0.164. The third-order valence-corrected chi connectivity index (χ3v) is 7.74. The minimum atomic E-state index is -4.56. The average molecular weight is 624 g/mol. The number of rotatable bonds is 10. The molecule has 0 fully saturated rings. The zero-order valence-electron chi connectivity index (χ0n) is 25.0. The van der Waals surface area contributed by atoms with Crippen LogP contribution in [0.1, 0.15) is 29.5 Å². The van der Waals surface area contributed by atoms with E-state index in [1.165, 1.54) is 12.1 Å². The normalized spacial score (nSPS) is 13.4. The number of alkyl halides is 3. The van der Waals surface area contributed by atoms with Crippen molar-refractivity contribution in [1.82, 2.24) is 20.0 Å². The van der Waals surface area contributed by atoms with Gasteiger partial charge in [0, 0.05) is 37.2 Å². The Morgan fingerprint density at radius 1 is 0.870 bits per heavy atom. The van der Waals surface area contributed by atoms with Gasteiger partial charge in [0.1, 0.15) is 0 Å². The van der Waals surface area contributed by atoms with Crippen LogP contribution in [0.3, 0.4) is 0 Å². The van der Waals surface area contributed by atoms with Gasteiger partial charge in [0.05, 0.1) is 29.1 Å². The molecule has 10 heteroatoms. The Labute approximate surface area is 264 Å². The largest absolute Gasteiger partial charge is 0.416 e. The molecule has 7 nitrogen and oxygen atoms in total. The Morgan fingerprint density at radius 2 is 1.59 bits per heavy atom. The van der Waals surface area contributed by atoms with E-state index in [0.717, 1.165) is 35.4 Å². The Bertz CT molecular complexity index is 1860.